The van der Waals surface area contributed by atoms with E-state index in [4.69, 9.17) is 0 Å². The van der Waals surface area contributed by atoms with Crippen LogP contribution in [-0.4, -0.2) is 38.3 Å². The molecule has 0 aliphatic heterocycles. The summed E-state index contributed by atoms with van der Waals surface area (Å²) in [6.07, 6.45) is 9.08. The molecule has 0 aromatic rings. The quantitative estimate of drug-likeness (QED) is 0.339. The van der Waals surface area contributed by atoms with Gasteiger partial charge in [-0.3, -0.25) is 0 Å². The average molecular weight is 342 g/mol. The summed E-state index contributed by atoms with van der Waals surface area (Å²) in [5.74, 6) is 1.62. The van der Waals surface area contributed by atoms with Crippen molar-refractivity contribution >= 4 is 0 Å². The number of unbranched alkanes of at least 4 members (excludes halogenated alkanes) is 1. The van der Waals surface area contributed by atoms with Crippen LogP contribution in [-0.2, 0) is 0 Å². The van der Waals surface area contributed by atoms with Gasteiger partial charge in [-0.25, -0.2) is 0 Å². The Labute approximate surface area is 153 Å². The maximum atomic E-state index is 3.83. The van der Waals surface area contributed by atoms with Crippen molar-refractivity contribution in [3.8, 4) is 0 Å². The van der Waals surface area contributed by atoms with E-state index < -0.39 is 0 Å². The summed E-state index contributed by atoms with van der Waals surface area (Å²) in [6.45, 7) is 18.3. The average Bonchev–Trinajstić information content (AvgIpc) is 2.56. The van der Waals surface area contributed by atoms with Gasteiger partial charge in [0, 0.05) is 25.2 Å². The molecule has 0 heterocycles. The van der Waals surface area contributed by atoms with E-state index in [0.717, 1.165) is 38.0 Å². The Balaban J connectivity index is 4.12. The second-order valence-electron chi connectivity index (χ2n) is 7.97. The van der Waals surface area contributed by atoms with Gasteiger partial charge in [-0.2, -0.15) is 0 Å². The standard InChI is InChI=1S/C21H47N3/c1-7-10-12-20(6)24-21(16-22-14-13-18(4)9-3)17-23-15-19(5)11-8-2/h18-24H,7-17H2,1-6H3. The molecule has 3 N–H and O–H groups in total. The zero-order valence-corrected chi connectivity index (χ0v) is 17.6. The molecule has 0 rings (SSSR count). The van der Waals surface area contributed by atoms with Gasteiger partial charge in [0.2, 0.25) is 0 Å². The van der Waals surface area contributed by atoms with Crippen molar-refractivity contribution in [3.05, 3.63) is 0 Å². The molecule has 0 fully saturated rings. The highest BCUT2D eigenvalue weighted by molar-refractivity contribution is 4.77. The molecular weight excluding hydrogens is 294 g/mol. The van der Waals surface area contributed by atoms with Crippen molar-refractivity contribution < 1.29 is 0 Å². The van der Waals surface area contributed by atoms with E-state index in [9.17, 15) is 0 Å². The number of nitrogens with one attached hydrogen (secondary N) is 3. The molecule has 0 bridgehead atoms. The van der Waals surface area contributed by atoms with E-state index >= 15 is 0 Å². The van der Waals surface area contributed by atoms with E-state index in [1.165, 1.54) is 44.9 Å². The van der Waals surface area contributed by atoms with Crippen LogP contribution in [0.4, 0.5) is 0 Å². The third-order valence-electron chi connectivity index (χ3n) is 5.08. The highest BCUT2D eigenvalue weighted by atomic mass is 15.0. The molecule has 0 saturated heterocycles. The van der Waals surface area contributed by atoms with Crippen molar-refractivity contribution in [2.24, 2.45) is 11.8 Å². The summed E-state index contributed by atoms with van der Waals surface area (Å²) in [5, 5.41) is 11.2. The van der Waals surface area contributed by atoms with Crippen LogP contribution in [0.5, 0.6) is 0 Å². The molecular formula is C21H47N3. The highest BCUT2D eigenvalue weighted by Crippen LogP contribution is 2.05. The largest absolute Gasteiger partial charge is 0.315 e. The Morgan fingerprint density at radius 3 is 2.04 bits per heavy atom. The van der Waals surface area contributed by atoms with Crippen LogP contribution >= 0.6 is 0 Å². The van der Waals surface area contributed by atoms with Gasteiger partial charge >= 0.3 is 0 Å². The maximum Gasteiger partial charge on any atom is 0.0319 e. The van der Waals surface area contributed by atoms with Gasteiger partial charge in [-0.15, -0.1) is 0 Å². The Morgan fingerprint density at radius 2 is 1.42 bits per heavy atom. The van der Waals surface area contributed by atoms with Crippen LogP contribution in [0.2, 0.25) is 0 Å². The van der Waals surface area contributed by atoms with Gasteiger partial charge in [0.25, 0.3) is 0 Å². The lowest BCUT2D eigenvalue weighted by Gasteiger charge is -2.25. The van der Waals surface area contributed by atoms with E-state index in [0.29, 0.717) is 12.1 Å². The fourth-order valence-electron chi connectivity index (χ4n) is 3.11. The summed E-state index contributed by atoms with van der Waals surface area (Å²) in [7, 11) is 0. The van der Waals surface area contributed by atoms with E-state index in [-0.39, 0.29) is 0 Å². The summed E-state index contributed by atoms with van der Waals surface area (Å²) >= 11 is 0. The minimum atomic E-state index is 0.530. The lowest BCUT2D eigenvalue weighted by Crippen LogP contribution is -2.49. The maximum absolute atomic E-state index is 3.83. The second kappa shape index (κ2) is 16.4. The Hall–Kier alpha value is -0.120. The summed E-state index contributed by atoms with van der Waals surface area (Å²) in [5.41, 5.74) is 0. The van der Waals surface area contributed by atoms with Gasteiger partial charge in [-0.05, 0) is 51.1 Å². The molecule has 146 valence electrons. The molecule has 24 heavy (non-hydrogen) atoms. The lowest BCUT2D eigenvalue weighted by molar-refractivity contribution is 0.367. The molecule has 0 aromatic heterocycles. The van der Waals surface area contributed by atoms with Crippen molar-refractivity contribution in [2.45, 2.75) is 98.6 Å². The van der Waals surface area contributed by atoms with Crippen LogP contribution in [0.25, 0.3) is 0 Å². The number of hydrogen-bond donors (Lipinski definition) is 3. The van der Waals surface area contributed by atoms with E-state index in [1.54, 1.807) is 0 Å². The van der Waals surface area contributed by atoms with Gasteiger partial charge in [0.05, 0.1) is 0 Å². The molecule has 3 nitrogen and oxygen atoms in total. The zero-order valence-electron chi connectivity index (χ0n) is 17.6. The first-order chi connectivity index (χ1) is 11.5. The molecule has 4 atom stereocenters. The van der Waals surface area contributed by atoms with Crippen LogP contribution in [0.3, 0.4) is 0 Å². The van der Waals surface area contributed by atoms with Crippen molar-refractivity contribution in [2.75, 3.05) is 26.2 Å². The fraction of sp³-hybridized carbons (Fsp3) is 1.00. The summed E-state index contributed by atoms with van der Waals surface area (Å²) < 4.78 is 0. The Bertz CT molecular complexity index is 257. The molecule has 0 aliphatic carbocycles. The van der Waals surface area contributed by atoms with Gasteiger partial charge in [-0.1, -0.05) is 60.3 Å². The monoisotopic (exact) mass is 341 g/mol. The smallest absolute Gasteiger partial charge is 0.0319 e. The second-order valence-corrected chi connectivity index (χ2v) is 7.97. The first-order valence-electron chi connectivity index (χ1n) is 10.7. The SMILES string of the molecule is CCCCC(C)NC(CNCCC(C)CC)CNCC(C)CCC. The fourth-order valence-corrected chi connectivity index (χ4v) is 3.11. The predicted molar refractivity (Wildman–Crippen MR) is 110 cm³/mol. The Kier molecular flexibility index (Phi) is 16.3. The molecule has 0 aromatic carbocycles. The molecule has 0 aliphatic rings. The molecule has 0 saturated carbocycles. The first-order valence-corrected chi connectivity index (χ1v) is 10.7. The predicted octanol–water partition coefficient (Wildman–Crippen LogP) is 4.57. The van der Waals surface area contributed by atoms with E-state index in [1.807, 2.05) is 0 Å². The molecule has 4 unspecified atom stereocenters. The zero-order chi connectivity index (χ0) is 18.2. The molecule has 0 spiro atoms. The van der Waals surface area contributed by atoms with Crippen molar-refractivity contribution in [1.29, 1.82) is 0 Å². The summed E-state index contributed by atoms with van der Waals surface area (Å²) in [4.78, 5) is 0. The first kappa shape index (κ1) is 23.9. The van der Waals surface area contributed by atoms with Crippen LogP contribution < -0.4 is 16.0 Å². The summed E-state index contributed by atoms with van der Waals surface area (Å²) in [6, 6.07) is 1.14. The minimum absolute atomic E-state index is 0.530. The molecule has 0 radical (unpaired) electrons. The third kappa shape index (κ3) is 14.2. The van der Waals surface area contributed by atoms with Gasteiger partial charge < -0.3 is 16.0 Å². The van der Waals surface area contributed by atoms with Crippen molar-refractivity contribution in [1.82, 2.24) is 16.0 Å². The number of hydrogen-bond acceptors (Lipinski definition) is 3. The van der Waals surface area contributed by atoms with Crippen LogP contribution in [0.1, 0.15) is 86.5 Å². The normalized spacial score (nSPS) is 16.8. The van der Waals surface area contributed by atoms with Gasteiger partial charge in [0.15, 0.2) is 0 Å². The van der Waals surface area contributed by atoms with Crippen LogP contribution in [0.15, 0.2) is 0 Å². The lowest BCUT2D eigenvalue weighted by atomic mass is 10.1. The topological polar surface area (TPSA) is 36.1 Å². The third-order valence-corrected chi connectivity index (χ3v) is 5.08. The minimum Gasteiger partial charge on any atom is -0.315 e. The van der Waals surface area contributed by atoms with Crippen LogP contribution in [0, 0.1) is 11.8 Å². The molecule has 0 amide bonds. The van der Waals surface area contributed by atoms with Gasteiger partial charge in [0.1, 0.15) is 0 Å². The van der Waals surface area contributed by atoms with Crippen molar-refractivity contribution in [3.63, 3.8) is 0 Å². The number of rotatable bonds is 17. The van der Waals surface area contributed by atoms with E-state index in [2.05, 4.69) is 57.5 Å². The Morgan fingerprint density at radius 1 is 0.708 bits per heavy atom. The molecule has 3 heteroatoms. The highest BCUT2D eigenvalue weighted by Gasteiger charge is 2.12.